The minimum atomic E-state index is -0.845. The third kappa shape index (κ3) is 2.96. The molecular formula is C22H21N3O3. The maximum atomic E-state index is 12.6. The number of aromatic nitrogens is 2. The minimum Gasteiger partial charge on any atom is -0.395 e. The van der Waals surface area contributed by atoms with Crippen molar-refractivity contribution in [2.24, 2.45) is 5.41 Å². The molecule has 0 fully saturated rings. The van der Waals surface area contributed by atoms with Gasteiger partial charge < -0.3 is 10.4 Å². The number of rotatable bonds is 5. The average molecular weight is 375 g/mol. The van der Waals surface area contributed by atoms with Crippen LogP contribution in [0.4, 0.5) is 0 Å². The third-order valence-electron chi connectivity index (χ3n) is 5.15. The van der Waals surface area contributed by atoms with E-state index in [-0.39, 0.29) is 18.3 Å². The Morgan fingerprint density at radius 3 is 2.71 bits per heavy atom. The van der Waals surface area contributed by atoms with Crippen LogP contribution in [0, 0.1) is 5.41 Å². The number of carbonyl (C=O) groups excluding carboxylic acids is 2. The van der Waals surface area contributed by atoms with Gasteiger partial charge in [-0.15, -0.1) is 0 Å². The van der Waals surface area contributed by atoms with E-state index in [2.05, 4.69) is 10.3 Å². The Kier molecular flexibility index (Phi) is 4.43. The Labute approximate surface area is 162 Å². The lowest BCUT2D eigenvalue weighted by Crippen LogP contribution is -2.39. The van der Waals surface area contributed by atoms with Gasteiger partial charge in [0.2, 0.25) is 11.7 Å². The second kappa shape index (κ2) is 6.80. The van der Waals surface area contributed by atoms with Crippen LogP contribution in [-0.4, -0.2) is 39.9 Å². The van der Waals surface area contributed by atoms with Crippen molar-refractivity contribution in [3.63, 3.8) is 0 Å². The largest absolute Gasteiger partial charge is 0.395 e. The normalized spacial score (nSPS) is 13.7. The maximum Gasteiger partial charge on any atom is 0.227 e. The molecule has 6 heteroatoms. The highest BCUT2D eigenvalue weighted by Crippen LogP contribution is 2.35. The van der Waals surface area contributed by atoms with E-state index < -0.39 is 5.41 Å². The summed E-state index contributed by atoms with van der Waals surface area (Å²) in [7, 11) is 0. The summed E-state index contributed by atoms with van der Waals surface area (Å²) < 4.78 is 0. The van der Waals surface area contributed by atoms with E-state index in [0.717, 1.165) is 32.9 Å². The van der Waals surface area contributed by atoms with E-state index in [1.165, 1.54) is 0 Å². The molecule has 0 atom stereocenters. The van der Waals surface area contributed by atoms with Crippen LogP contribution in [0.25, 0.3) is 27.2 Å². The molecule has 1 aromatic carbocycles. The number of allylic oxidation sites excluding steroid dienone is 1. The molecular weight excluding hydrogens is 354 g/mol. The molecule has 1 amide bonds. The number of pyridine rings is 2. The number of hydrogen-bond donors (Lipinski definition) is 2. The Bertz CT molecular complexity index is 1150. The number of benzene rings is 1. The molecule has 6 nitrogen and oxygen atoms in total. The van der Waals surface area contributed by atoms with E-state index in [4.69, 9.17) is 4.98 Å². The second-order valence-electron chi connectivity index (χ2n) is 7.64. The number of ketones is 1. The molecule has 2 heterocycles. The number of carbonyl (C=O) groups is 2. The molecule has 1 aliphatic carbocycles. The fourth-order valence-corrected chi connectivity index (χ4v) is 3.43. The monoisotopic (exact) mass is 375 g/mol. The Hall–Kier alpha value is -3.12. The third-order valence-corrected chi connectivity index (χ3v) is 5.15. The number of aliphatic hydroxyl groups excluding tert-OH is 1. The number of nitrogens with one attached hydrogen (secondary N) is 1. The van der Waals surface area contributed by atoms with Crippen LogP contribution in [0.15, 0.2) is 42.6 Å². The van der Waals surface area contributed by atoms with Gasteiger partial charge in [-0.3, -0.25) is 14.6 Å². The van der Waals surface area contributed by atoms with Crippen molar-refractivity contribution in [2.75, 3.05) is 13.2 Å². The van der Waals surface area contributed by atoms with Crippen LogP contribution in [0.3, 0.4) is 0 Å². The molecule has 28 heavy (non-hydrogen) atoms. The van der Waals surface area contributed by atoms with Crippen LogP contribution in [0.1, 0.15) is 36.5 Å². The zero-order chi connectivity index (χ0) is 19.9. The van der Waals surface area contributed by atoms with Crippen molar-refractivity contribution in [3.8, 4) is 0 Å². The van der Waals surface area contributed by atoms with E-state index in [1.54, 1.807) is 26.1 Å². The highest BCUT2D eigenvalue weighted by molar-refractivity contribution is 6.23. The van der Waals surface area contributed by atoms with Gasteiger partial charge in [0.05, 0.1) is 23.2 Å². The summed E-state index contributed by atoms with van der Waals surface area (Å²) in [4.78, 5) is 33.9. The molecule has 0 radical (unpaired) electrons. The molecule has 142 valence electrons. The standard InChI is InChI=1S/C22H21N3O3/c1-22(2,12-26)21(28)24-9-7-13-11-17(27)20-18-15(8-10-23-20)14-5-3-4-6-16(14)25-19(13)18/h3-6,8,10-11,26H,7,9,12H2,1-2H3,(H,24,28). The topological polar surface area (TPSA) is 92.2 Å². The zero-order valence-corrected chi connectivity index (χ0v) is 15.8. The fourth-order valence-electron chi connectivity index (χ4n) is 3.43. The number of aliphatic hydroxyl groups is 1. The molecule has 0 saturated carbocycles. The molecule has 0 bridgehead atoms. The van der Waals surface area contributed by atoms with E-state index in [9.17, 15) is 14.7 Å². The summed E-state index contributed by atoms with van der Waals surface area (Å²) in [5.74, 6) is -0.372. The summed E-state index contributed by atoms with van der Waals surface area (Å²) in [6, 6.07) is 9.74. The van der Waals surface area contributed by atoms with Gasteiger partial charge in [0.1, 0.15) is 5.69 Å². The molecule has 4 rings (SSSR count). The van der Waals surface area contributed by atoms with Crippen molar-refractivity contribution in [2.45, 2.75) is 20.3 Å². The van der Waals surface area contributed by atoms with Crippen LogP contribution in [-0.2, 0) is 4.79 Å². The summed E-state index contributed by atoms with van der Waals surface area (Å²) in [6.45, 7) is 3.49. The Balaban J connectivity index is 1.72. The Morgan fingerprint density at radius 1 is 1.14 bits per heavy atom. The van der Waals surface area contributed by atoms with Crippen LogP contribution in [0.2, 0.25) is 0 Å². The average Bonchev–Trinajstić information content (AvgIpc) is 2.71. The van der Waals surface area contributed by atoms with Crippen LogP contribution < -0.4 is 5.32 Å². The molecule has 1 aliphatic rings. The van der Waals surface area contributed by atoms with Crippen molar-refractivity contribution < 1.29 is 14.7 Å². The van der Waals surface area contributed by atoms with Crippen molar-refractivity contribution in [3.05, 3.63) is 54.0 Å². The quantitative estimate of drug-likeness (QED) is 0.669. The van der Waals surface area contributed by atoms with Gasteiger partial charge in [-0.25, -0.2) is 4.98 Å². The summed E-state index contributed by atoms with van der Waals surface area (Å²) in [6.07, 6.45) is 3.69. The number of para-hydroxylation sites is 1. The first kappa shape index (κ1) is 18.3. The van der Waals surface area contributed by atoms with Crippen molar-refractivity contribution in [1.29, 1.82) is 0 Å². The predicted octanol–water partition coefficient (Wildman–Crippen LogP) is 2.89. The fraction of sp³-hybridized carbons (Fsp3) is 0.273. The van der Waals surface area contributed by atoms with Gasteiger partial charge in [-0.2, -0.15) is 0 Å². The van der Waals surface area contributed by atoms with Crippen LogP contribution in [0.5, 0.6) is 0 Å². The minimum absolute atomic E-state index is 0.146. The summed E-state index contributed by atoms with van der Waals surface area (Å²) >= 11 is 0. The lowest BCUT2D eigenvalue weighted by Gasteiger charge is -2.21. The molecule has 0 spiro atoms. The second-order valence-corrected chi connectivity index (χ2v) is 7.64. The number of fused-ring (bicyclic) bond motifs is 2. The van der Waals surface area contributed by atoms with Gasteiger partial charge in [-0.1, -0.05) is 18.2 Å². The van der Waals surface area contributed by atoms with Gasteiger partial charge in [0.15, 0.2) is 0 Å². The molecule has 3 aromatic rings. The lowest BCUT2D eigenvalue weighted by molar-refractivity contribution is -0.131. The zero-order valence-electron chi connectivity index (χ0n) is 15.8. The number of amides is 1. The van der Waals surface area contributed by atoms with Gasteiger partial charge in [-0.05, 0) is 49.4 Å². The van der Waals surface area contributed by atoms with Crippen molar-refractivity contribution >= 4 is 38.9 Å². The van der Waals surface area contributed by atoms with E-state index >= 15 is 0 Å². The first-order chi connectivity index (χ1) is 13.4. The first-order valence-corrected chi connectivity index (χ1v) is 9.24. The van der Waals surface area contributed by atoms with E-state index in [1.807, 2.05) is 30.3 Å². The van der Waals surface area contributed by atoms with Crippen molar-refractivity contribution in [1.82, 2.24) is 15.3 Å². The SMILES string of the molecule is CC(C)(CO)C(=O)NCCC1=CC(=O)c2nccc3c2c1nc1ccccc13. The summed E-state index contributed by atoms with van der Waals surface area (Å²) in [5, 5.41) is 14.9. The van der Waals surface area contributed by atoms with Gasteiger partial charge in [0.25, 0.3) is 0 Å². The van der Waals surface area contributed by atoms with Crippen LogP contribution >= 0.6 is 0 Å². The maximum absolute atomic E-state index is 12.6. The molecule has 0 aliphatic heterocycles. The molecule has 2 aromatic heterocycles. The molecule has 2 N–H and O–H groups in total. The number of nitrogens with zero attached hydrogens (tertiary/aromatic N) is 2. The Morgan fingerprint density at radius 2 is 1.93 bits per heavy atom. The lowest BCUT2D eigenvalue weighted by atomic mass is 9.91. The molecule has 0 unspecified atom stereocenters. The predicted molar refractivity (Wildman–Crippen MR) is 108 cm³/mol. The van der Waals surface area contributed by atoms with Gasteiger partial charge >= 0.3 is 0 Å². The molecule has 0 saturated heterocycles. The summed E-state index contributed by atoms with van der Waals surface area (Å²) in [5.41, 5.74) is 1.95. The highest BCUT2D eigenvalue weighted by Gasteiger charge is 2.27. The smallest absolute Gasteiger partial charge is 0.227 e. The number of hydrogen-bond acceptors (Lipinski definition) is 5. The van der Waals surface area contributed by atoms with E-state index in [0.29, 0.717) is 18.7 Å². The highest BCUT2D eigenvalue weighted by atomic mass is 16.3. The first-order valence-electron chi connectivity index (χ1n) is 9.24. The van der Waals surface area contributed by atoms with Gasteiger partial charge in [0, 0.05) is 23.5 Å².